The van der Waals surface area contributed by atoms with Crippen LogP contribution >= 0.6 is 28.1 Å². The van der Waals surface area contributed by atoms with Gasteiger partial charge in [-0.2, -0.15) is 0 Å². The molecule has 0 amide bonds. The normalized spacial score (nSPS) is 11.0. The van der Waals surface area contributed by atoms with E-state index in [0.717, 1.165) is 16.6 Å². The first-order valence-electron chi connectivity index (χ1n) is 7.71. The van der Waals surface area contributed by atoms with Gasteiger partial charge in [0, 0.05) is 11.0 Å². The van der Waals surface area contributed by atoms with E-state index in [2.05, 4.69) is 38.1 Å². The molecule has 25 heavy (non-hydrogen) atoms. The minimum atomic E-state index is 0.337. The molecule has 0 spiro atoms. The Morgan fingerprint density at radius 1 is 1.20 bits per heavy atom. The lowest BCUT2D eigenvalue weighted by Gasteiger charge is -2.16. The van der Waals surface area contributed by atoms with E-state index in [1.54, 1.807) is 11.8 Å². The molecule has 2 aromatic carbocycles. The molecule has 0 aliphatic heterocycles. The van der Waals surface area contributed by atoms with Gasteiger partial charge in [0.2, 0.25) is 0 Å². The van der Waals surface area contributed by atoms with Crippen molar-refractivity contribution < 1.29 is 9.15 Å². The highest BCUT2D eigenvalue weighted by Gasteiger charge is 2.13. The van der Waals surface area contributed by atoms with E-state index in [-0.39, 0.29) is 0 Å². The molecule has 1 heterocycles. The van der Waals surface area contributed by atoms with Crippen LogP contribution in [-0.2, 0) is 13.2 Å². The average molecular weight is 420 g/mol. The maximum atomic E-state index is 5.66. The Morgan fingerprint density at radius 3 is 2.64 bits per heavy atom. The van der Waals surface area contributed by atoms with Crippen molar-refractivity contribution in [3.05, 3.63) is 63.4 Å². The van der Waals surface area contributed by atoms with Gasteiger partial charge >= 0.3 is 0 Å². The van der Waals surface area contributed by atoms with E-state index in [1.165, 1.54) is 5.56 Å². The molecule has 0 unspecified atom stereocenters. The highest BCUT2D eigenvalue weighted by molar-refractivity contribution is 9.10. The third-order valence-corrected chi connectivity index (χ3v) is 4.51. The Balaban J connectivity index is 1.76. The molecule has 0 bridgehead atoms. The minimum absolute atomic E-state index is 0.337. The predicted molar refractivity (Wildman–Crippen MR) is 103 cm³/mol. The Kier molecular flexibility index (Phi) is 5.67. The number of halogens is 1. The van der Waals surface area contributed by atoms with Crippen molar-refractivity contribution in [1.29, 1.82) is 0 Å². The number of hydrogen-bond donors (Lipinski definition) is 0. The summed E-state index contributed by atoms with van der Waals surface area (Å²) in [5.41, 5.74) is 2.00. The van der Waals surface area contributed by atoms with Crippen LogP contribution in [-0.4, -0.2) is 28.8 Å². The molecule has 7 heteroatoms. The number of para-hydroxylation sites is 1. The van der Waals surface area contributed by atoms with E-state index in [1.807, 2.05) is 43.4 Å². The Hall–Kier alpha value is -1.96. The van der Waals surface area contributed by atoms with Gasteiger partial charge < -0.3 is 9.15 Å². The standard InChI is InChI=1S/C18H18BrN3O2S/c1-21(11-13-7-9-14(19)10-8-13)12-22-18(25)24-17(20-22)15-5-3-4-6-16(15)23-2/h3-10H,11-12H2,1-2H3. The zero-order valence-electron chi connectivity index (χ0n) is 14.0. The van der Waals surface area contributed by atoms with Crippen molar-refractivity contribution in [1.82, 2.24) is 14.7 Å². The van der Waals surface area contributed by atoms with Crippen LogP contribution in [0.2, 0.25) is 0 Å². The molecule has 0 fully saturated rings. The molecule has 3 aromatic rings. The Labute approximate surface area is 160 Å². The highest BCUT2D eigenvalue weighted by Crippen LogP contribution is 2.28. The van der Waals surface area contributed by atoms with Gasteiger partial charge in [0.1, 0.15) is 5.75 Å². The fourth-order valence-electron chi connectivity index (χ4n) is 2.51. The SMILES string of the molecule is COc1ccccc1-c1nn(CN(C)Cc2ccc(Br)cc2)c(=S)o1. The zero-order valence-corrected chi connectivity index (χ0v) is 16.4. The molecule has 3 rings (SSSR count). The van der Waals surface area contributed by atoms with Gasteiger partial charge in [-0.3, -0.25) is 4.90 Å². The summed E-state index contributed by atoms with van der Waals surface area (Å²) in [6.07, 6.45) is 0. The van der Waals surface area contributed by atoms with Crippen molar-refractivity contribution >= 4 is 28.1 Å². The van der Waals surface area contributed by atoms with Gasteiger partial charge in [-0.15, -0.1) is 5.10 Å². The van der Waals surface area contributed by atoms with E-state index >= 15 is 0 Å². The quantitative estimate of drug-likeness (QED) is 0.540. The maximum absolute atomic E-state index is 5.66. The van der Waals surface area contributed by atoms with E-state index in [9.17, 15) is 0 Å². The summed E-state index contributed by atoms with van der Waals surface area (Å²) in [5.74, 6) is 1.16. The predicted octanol–water partition coefficient (Wildman–Crippen LogP) is 4.73. The molecule has 0 radical (unpaired) electrons. The Bertz CT molecular complexity index is 905. The third-order valence-electron chi connectivity index (χ3n) is 3.68. The third kappa shape index (κ3) is 4.36. The van der Waals surface area contributed by atoms with Crippen molar-refractivity contribution in [2.24, 2.45) is 0 Å². The molecule has 0 aliphatic rings. The lowest BCUT2D eigenvalue weighted by atomic mass is 10.2. The van der Waals surface area contributed by atoms with Gasteiger partial charge in [-0.05, 0) is 49.1 Å². The summed E-state index contributed by atoms with van der Waals surface area (Å²) < 4.78 is 13.8. The van der Waals surface area contributed by atoms with Gasteiger partial charge in [0.25, 0.3) is 10.7 Å². The number of aromatic nitrogens is 2. The molecule has 0 saturated carbocycles. The first kappa shape index (κ1) is 17.8. The number of ether oxygens (including phenoxy) is 1. The van der Waals surface area contributed by atoms with Gasteiger partial charge in [-0.25, -0.2) is 4.68 Å². The summed E-state index contributed by atoms with van der Waals surface area (Å²) in [6, 6.07) is 15.8. The molecule has 0 aliphatic carbocycles. The molecular weight excluding hydrogens is 402 g/mol. The second-order valence-corrected chi connectivity index (χ2v) is 6.92. The molecule has 0 saturated heterocycles. The average Bonchev–Trinajstić information content (AvgIpc) is 2.97. The first-order valence-corrected chi connectivity index (χ1v) is 8.91. The van der Waals surface area contributed by atoms with Crippen LogP contribution in [0, 0.1) is 4.84 Å². The van der Waals surface area contributed by atoms with Crippen LogP contribution in [0.4, 0.5) is 0 Å². The fraction of sp³-hybridized carbons (Fsp3) is 0.222. The smallest absolute Gasteiger partial charge is 0.288 e. The fourth-order valence-corrected chi connectivity index (χ4v) is 2.95. The van der Waals surface area contributed by atoms with E-state index < -0.39 is 0 Å². The highest BCUT2D eigenvalue weighted by atomic mass is 79.9. The second-order valence-electron chi connectivity index (χ2n) is 5.66. The largest absolute Gasteiger partial charge is 0.496 e. The van der Waals surface area contributed by atoms with Crippen molar-refractivity contribution in [3.63, 3.8) is 0 Å². The Morgan fingerprint density at radius 2 is 1.92 bits per heavy atom. The number of benzene rings is 2. The second kappa shape index (κ2) is 7.95. The van der Waals surface area contributed by atoms with Crippen LogP contribution in [0.15, 0.2) is 57.4 Å². The monoisotopic (exact) mass is 419 g/mol. The zero-order chi connectivity index (χ0) is 17.8. The number of nitrogens with zero attached hydrogens (tertiary/aromatic N) is 3. The molecule has 5 nitrogen and oxygen atoms in total. The summed E-state index contributed by atoms with van der Waals surface area (Å²) in [7, 11) is 3.64. The topological polar surface area (TPSA) is 43.4 Å². The van der Waals surface area contributed by atoms with Crippen molar-refractivity contribution in [2.75, 3.05) is 14.2 Å². The van der Waals surface area contributed by atoms with E-state index in [4.69, 9.17) is 21.4 Å². The summed E-state index contributed by atoms with van der Waals surface area (Å²) in [4.78, 5) is 2.46. The first-order chi connectivity index (χ1) is 12.1. The minimum Gasteiger partial charge on any atom is -0.496 e. The van der Waals surface area contributed by atoms with Gasteiger partial charge in [0.15, 0.2) is 0 Å². The van der Waals surface area contributed by atoms with Crippen LogP contribution in [0.5, 0.6) is 5.75 Å². The maximum Gasteiger partial charge on any atom is 0.288 e. The molecule has 130 valence electrons. The summed E-state index contributed by atoms with van der Waals surface area (Å²) >= 11 is 8.76. The van der Waals surface area contributed by atoms with Gasteiger partial charge in [-0.1, -0.05) is 40.2 Å². The molecule has 0 N–H and O–H groups in total. The van der Waals surface area contributed by atoms with Crippen LogP contribution in [0.1, 0.15) is 5.56 Å². The van der Waals surface area contributed by atoms with E-state index in [0.29, 0.717) is 23.1 Å². The summed E-state index contributed by atoms with van der Waals surface area (Å²) in [5, 5.41) is 4.50. The number of methoxy groups -OCH3 is 1. The lowest BCUT2D eigenvalue weighted by molar-refractivity contribution is 0.240. The summed E-state index contributed by atoms with van der Waals surface area (Å²) in [6.45, 7) is 1.32. The van der Waals surface area contributed by atoms with Crippen molar-refractivity contribution in [3.8, 4) is 17.2 Å². The number of hydrogen-bond acceptors (Lipinski definition) is 5. The number of rotatable bonds is 6. The van der Waals surface area contributed by atoms with Crippen LogP contribution in [0.3, 0.4) is 0 Å². The lowest BCUT2D eigenvalue weighted by Crippen LogP contribution is -2.22. The van der Waals surface area contributed by atoms with Crippen LogP contribution < -0.4 is 4.74 Å². The molecule has 0 atom stereocenters. The molecular formula is C18H18BrN3O2S. The van der Waals surface area contributed by atoms with Gasteiger partial charge in [0.05, 0.1) is 19.3 Å². The van der Waals surface area contributed by atoms with Crippen LogP contribution in [0.25, 0.3) is 11.5 Å². The van der Waals surface area contributed by atoms with Crippen molar-refractivity contribution in [2.45, 2.75) is 13.2 Å². The molecule has 1 aromatic heterocycles.